The van der Waals surface area contributed by atoms with E-state index in [1.54, 1.807) is 32.2 Å². The van der Waals surface area contributed by atoms with Crippen molar-refractivity contribution in [1.29, 1.82) is 0 Å². The first-order valence-corrected chi connectivity index (χ1v) is 7.73. The van der Waals surface area contributed by atoms with Gasteiger partial charge in [0.15, 0.2) is 0 Å². The van der Waals surface area contributed by atoms with Gasteiger partial charge in [-0.05, 0) is 26.0 Å². The van der Waals surface area contributed by atoms with Gasteiger partial charge in [0.2, 0.25) is 0 Å². The Morgan fingerprint density at radius 2 is 2.05 bits per heavy atom. The molecule has 0 saturated heterocycles. The molecule has 7 heteroatoms. The lowest BCUT2D eigenvalue weighted by Crippen LogP contribution is -2.39. The van der Waals surface area contributed by atoms with Crippen LogP contribution in [0.25, 0.3) is 0 Å². The second kappa shape index (κ2) is 7.04. The summed E-state index contributed by atoms with van der Waals surface area (Å²) in [4.78, 5) is 22.9. The molecule has 0 spiro atoms. The van der Waals surface area contributed by atoms with Crippen molar-refractivity contribution in [1.82, 2.24) is 5.32 Å². The number of carbonyl (C=O) groups is 2. The highest BCUT2D eigenvalue weighted by atomic mass is 32.2. The number of carboxylic acids is 1. The maximum atomic E-state index is 11.8. The van der Waals surface area contributed by atoms with Gasteiger partial charge in [0.05, 0.1) is 11.3 Å². The highest BCUT2D eigenvalue weighted by molar-refractivity contribution is 7.84. The molecule has 0 aliphatic heterocycles. The molecule has 0 heterocycles. The standard InChI is InChI=1S/C13H18N2O4S/c1-8-4-5-11(10(6-8)12(16)17)15-13(18)14-9(2)7-20(3)19/h4-6,9H,7H2,1-3H3,(H,16,17)(H2,14,15,18). The maximum absolute atomic E-state index is 11.8. The number of carbonyl (C=O) groups excluding carboxylic acids is 1. The number of aryl methyl sites for hydroxylation is 1. The van der Waals surface area contributed by atoms with Crippen LogP contribution in [-0.2, 0) is 10.8 Å². The predicted molar refractivity (Wildman–Crippen MR) is 78.7 cm³/mol. The van der Waals surface area contributed by atoms with Gasteiger partial charge >= 0.3 is 12.0 Å². The van der Waals surface area contributed by atoms with Crippen LogP contribution in [0.4, 0.5) is 10.5 Å². The van der Waals surface area contributed by atoms with Crippen molar-refractivity contribution in [3.8, 4) is 0 Å². The van der Waals surface area contributed by atoms with Crippen molar-refractivity contribution in [2.24, 2.45) is 0 Å². The Balaban J connectivity index is 2.76. The minimum absolute atomic E-state index is 0.0341. The van der Waals surface area contributed by atoms with Gasteiger partial charge in [-0.25, -0.2) is 9.59 Å². The van der Waals surface area contributed by atoms with Gasteiger partial charge in [0.1, 0.15) is 0 Å². The molecule has 2 amide bonds. The van der Waals surface area contributed by atoms with Crippen molar-refractivity contribution in [2.75, 3.05) is 17.3 Å². The summed E-state index contributed by atoms with van der Waals surface area (Å²) < 4.78 is 11.0. The largest absolute Gasteiger partial charge is 0.478 e. The van der Waals surface area contributed by atoms with E-state index in [0.717, 1.165) is 5.56 Å². The average molecular weight is 298 g/mol. The fraction of sp³-hybridized carbons (Fsp3) is 0.385. The zero-order valence-electron chi connectivity index (χ0n) is 11.6. The van der Waals surface area contributed by atoms with E-state index in [9.17, 15) is 13.8 Å². The first-order valence-electron chi connectivity index (χ1n) is 6.01. The number of aromatic carboxylic acids is 1. The molecule has 1 rings (SSSR count). The summed E-state index contributed by atoms with van der Waals surface area (Å²) >= 11 is 0. The number of amides is 2. The Bertz CT molecular complexity index is 545. The third-order valence-corrected chi connectivity index (χ3v) is 3.49. The maximum Gasteiger partial charge on any atom is 0.337 e. The van der Waals surface area contributed by atoms with Crippen molar-refractivity contribution in [3.05, 3.63) is 29.3 Å². The van der Waals surface area contributed by atoms with Crippen LogP contribution in [0.15, 0.2) is 18.2 Å². The molecule has 2 unspecified atom stereocenters. The van der Waals surface area contributed by atoms with Crippen LogP contribution in [0, 0.1) is 6.92 Å². The zero-order valence-corrected chi connectivity index (χ0v) is 12.4. The smallest absolute Gasteiger partial charge is 0.337 e. The first-order chi connectivity index (χ1) is 9.29. The second-order valence-corrected chi connectivity index (χ2v) is 6.07. The summed E-state index contributed by atoms with van der Waals surface area (Å²) in [5.41, 5.74) is 1.06. The second-order valence-electron chi connectivity index (χ2n) is 4.59. The van der Waals surface area contributed by atoms with Gasteiger partial charge < -0.3 is 15.7 Å². The lowest BCUT2D eigenvalue weighted by Gasteiger charge is -2.14. The van der Waals surface area contributed by atoms with E-state index in [-0.39, 0.29) is 17.3 Å². The van der Waals surface area contributed by atoms with Gasteiger partial charge in [-0.2, -0.15) is 0 Å². The normalized spacial score (nSPS) is 13.3. The van der Waals surface area contributed by atoms with Crippen molar-refractivity contribution in [3.63, 3.8) is 0 Å². The fourth-order valence-electron chi connectivity index (χ4n) is 1.72. The molecular formula is C13H18N2O4S. The minimum Gasteiger partial charge on any atom is -0.478 e. The Hall–Kier alpha value is -1.89. The number of hydrogen-bond acceptors (Lipinski definition) is 3. The molecule has 0 aliphatic rings. The van der Waals surface area contributed by atoms with Crippen LogP contribution in [0.5, 0.6) is 0 Å². The fourth-order valence-corrected chi connectivity index (χ4v) is 2.51. The van der Waals surface area contributed by atoms with Gasteiger partial charge in [-0.3, -0.25) is 4.21 Å². The minimum atomic E-state index is -1.10. The van der Waals surface area contributed by atoms with E-state index in [2.05, 4.69) is 10.6 Å². The van der Waals surface area contributed by atoms with E-state index in [1.807, 2.05) is 0 Å². The number of nitrogens with one attached hydrogen (secondary N) is 2. The summed E-state index contributed by atoms with van der Waals surface area (Å²) in [5.74, 6) is -0.765. The molecule has 20 heavy (non-hydrogen) atoms. The number of anilines is 1. The highest BCUT2D eigenvalue weighted by Gasteiger charge is 2.14. The molecular weight excluding hydrogens is 280 g/mol. The molecule has 3 N–H and O–H groups in total. The van der Waals surface area contributed by atoms with Crippen LogP contribution >= 0.6 is 0 Å². The average Bonchev–Trinajstić information content (AvgIpc) is 2.29. The van der Waals surface area contributed by atoms with Crippen LogP contribution in [0.2, 0.25) is 0 Å². The Kier molecular flexibility index (Phi) is 5.69. The molecule has 110 valence electrons. The molecule has 0 radical (unpaired) electrons. The Morgan fingerprint density at radius 1 is 1.40 bits per heavy atom. The summed E-state index contributed by atoms with van der Waals surface area (Å²) in [7, 11) is -1.01. The van der Waals surface area contributed by atoms with E-state index < -0.39 is 22.8 Å². The molecule has 6 nitrogen and oxygen atoms in total. The number of benzene rings is 1. The summed E-state index contributed by atoms with van der Waals surface area (Å²) in [5, 5.41) is 14.2. The summed E-state index contributed by atoms with van der Waals surface area (Å²) in [6.07, 6.45) is 1.55. The number of rotatable bonds is 5. The Labute approximate surface area is 120 Å². The number of hydrogen-bond donors (Lipinski definition) is 3. The van der Waals surface area contributed by atoms with E-state index in [4.69, 9.17) is 5.11 Å². The van der Waals surface area contributed by atoms with Crippen LogP contribution in [0.3, 0.4) is 0 Å². The van der Waals surface area contributed by atoms with E-state index in [1.165, 1.54) is 6.07 Å². The van der Waals surface area contributed by atoms with Crippen LogP contribution in [-0.4, -0.2) is 39.4 Å². The quantitative estimate of drug-likeness (QED) is 0.769. The molecule has 0 bridgehead atoms. The Morgan fingerprint density at radius 3 is 2.60 bits per heavy atom. The van der Waals surface area contributed by atoms with E-state index in [0.29, 0.717) is 5.75 Å². The lowest BCUT2D eigenvalue weighted by atomic mass is 10.1. The van der Waals surface area contributed by atoms with Crippen LogP contribution in [0.1, 0.15) is 22.8 Å². The molecule has 0 aliphatic carbocycles. The first kappa shape index (κ1) is 16.2. The molecule has 2 atom stereocenters. The van der Waals surface area contributed by atoms with E-state index >= 15 is 0 Å². The number of carboxylic acid groups (broad SMARTS) is 1. The highest BCUT2D eigenvalue weighted by Crippen LogP contribution is 2.17. The van der Waals surface area contributed by atoms with Crippen molar-refractivity contribution < 1.29 is 18.9 Å². The summed E-state index contributed by atoms with van der Waals surface area (Å²) in [6.45, 7) is 3.50. The lowest BCUT2D eigenvalue weighted by molar-refractivity contribution is 0.0698. The molecule has 1 aromatic rings. The molecule has 0 fully saturated rings. The third-order valence-electron chi connectivity index (χ3n) is 2.52. The van der Waals surface area contributed by atoms with Gasteiger partial charge in [-0.1, -0.05) is 11.6 Å². The zero-order chi connectivity index (χ0) is 15.3. The predicted octanol–water partition coefficient (Wildman–Crippen LogP) is 1.58. The number of urea groups is 1. The van der Waals surface area contributed by atoms with Gasteiger partial charge in [0, 0.05) is 28.9 Å². The molecule has 0 aromatic heterocycles. The molecule has 1 aromatic carbocycles. The van der Waals surface area contributed by atoms with Gasteiger partial charge in [-0.15, -0.1) is 0 Å². The molecule has 0 saturated carbocycles. The third kappa shape index (κ3) is 5.00. The van der Waals surface area contributed by atoms with Crippen LogP contribution < -0.4 is 10.6 Å². The summed E-state index contributed by atoms with van der Waals surface area (Å²) in [6, 6.07) is 3.96. The van der Waals surface area contributed by atoms with Crippen molar-refractivity contribution >= 4 is 28.5 Å². The SMILES string of the molecule is Cc1ccc(NC(=O)NC(C)CS(C)=O)c(C(=O)O)c1. The van der Waals surface area contributed by atoms with Gasteiger partial charge in [0.25, 0.3) is 0 Å². The monoisotopic (exact) mass is 298 g/mol. The topological polar surface area (TPSA) is 95.5 Å². The van der Waals surface area contributed by atoms with Crippen molar-refractivity contribution in [2.45, 2.75) is 19.9 Å².